The van der Waals surface area contributed by atoms with E-state index in [9.17, 15) is 13.2 Å². The Balaban J connectivity index is 1.66. The Morgan fingerprint density at radius 2 is 1.96 bits per heavy atom. The van der Waals surface area contributed by atoms with Crippen molar-refractivity contribution < 1.29 is 13.2 Å². The summed E-state index contributed by atoms with van der Waals surface area (Å²) in [5, 5.41) is 10.1. The molecule has 1 amide bonds. The molecule has 0 atom stereocenters. The van der Waals surface area contributed by atoms with Gasteiger partial charge < -0.3 is 4.90 Å². The van der Waals surface area contributed by atoms with Crippen molar-refractivity contribution in [1.29, 1.82) is 0 Å². The molecule has 0 saturated heterocycles. The van der Waals surface area contributed by atoms with E-state index >= 15 is 0 Å². The molecular weight excluding hydrogens is 388 g/mol. The average molecular weight is 403 g/mol. The molecular formula is C18H15ClN4O3S. The molecule has 2 N–H and O–H groups in total. The molecule has 0 unspecified atom stereocenters. The highest BCUT2D eigenvalue weighted by molar-refractivity contribution is 7.89. The zero-order valence-corrected chi connectivity index (χ0v) is 15.6. The Morgan fingerprint density at radius 1 is 1.15 bits per heavy atom. The van der Waals surface area contributed by atoms with Gasteiger partial charge in [-0.1, -0.05) is 23.7 Å². The average Bonchev–Trinajstić information content (AvgIpc) is 3.27. The molecule has 2 aromatic carbocycles. The van der Waals surface area contributed by atoms with Crippen molar-refractivity contribution >= 4 is 33.2 Å². The van der Waals surface area contributed by atoms with Crippen LogP contribution in [0.5, 0.6) is 0 Å². The lowest BCUT2D eigenvalue weighted by atomic mass is 10.2. The summed E-state index contributed by atoms with van der Waals surface area (Å²) in [5.41, 5.74) is 2.43. The fraction of sp³-hybridized carbons (Fsp3) is 0.111. The van der Waals surface area contributed by atoms with Gasteiger partial charge in [0.05, 0.1) is 10.6 Å². The van der Waals surface area contributed by atoms with Crippen LogP contribution in [-0.2, 0) is 16.4 Å². The van der Waals surface area contributed by atoms with Gasteiger partial charge in [0.2, 0.25) is 10.0 Å². The Hall–Kier alpha value is -2.68. The van der Waals surface area contributed by atoms with Crippen LogP contribution in [0, 0.1) is 0 Å². The molecule has 7 nitrogen and oxygen atoms in total. The van der Waals surface area contributed by atoms with Gasteiger partial charge in [-0.15, -0.1) is 0 Å². The number of fused-ring (bicyclic) bond motifs is 1. The number of carbonyl (C=O) groups is 1. The third-order valence-electron chi connectivity index (χ3n) is 4.41. The quantitative estimate of drug-likeness (QED) is 0.727. The summed E-state index contributed by atoms with van der Waals surface area (Å²) >= 11 is 6.00. The second-order valence-corrected chi connectivity index (χ2v) is 8.17. The van der Waals surface area contributed by atoms with E-state index < -0.39 is 10.0 Å². The number of nitrogens with two attached hydrogens (primary N) is 1. The largest absolute Gasteiger partial charge is 0.306 e. The van der Waals surface area contributed by atoms with Gasteiger partial charge in [0.25, 0.3) is 5.91 Å². The molecule has 1 aliphatic heterocycles. The molecule has 3 aromatic rings. The lowest BCUT2D eigenvalue weighted by Crippen LogP contribution is -2.29. The van der Waals surface area contributed by atoms with Crippen molar-refractivity contribution in [3.8, 4) is 5.69 Å². The van der Waals surface area contributed by atoms with Gasteiger partial charge in [0.1, 0.15) is 0 Å². The van der Waals surface area contributed by atoms with Crippen LogP contribution in [0.3, 0.4) is 0 Å². The van der Waals surface area contributed by atoms with E-state index in [-0.39, 0.29) is 16.5 Å². The molecule has 0 fully saturated rings. The summed E-state index contributed by atoms with van der Waals surface area (Å²) in [6.07, 6.45) is 2.32. The zero-order valence-electron chi connectivity index (χ0n) is 14.0. The molecule has 9 heteroatoms. The fourth-order valence-electron chi connectivity index (χ4n) is 3.09. The van der Waals surface area contributed by atoms with Crippen molar-refractivity contribution in [1.82, 2.24) is 9.78 Å². The minimum atomic E-state index is -3.84. The SMILES string of the molecule is NS(=O)(=O)c1ccc2c(c1)N(C(=O)c1ccn(-c3cccc(Cl)c3)n1)CC2. The maximum atomic E-state index is 12.9. The number of anilines is 1. The van der Waals surface area contributed by atoms with Crippen molar-refractivity contribution in [2.45, 2.75) is 11.3 Å². The number of hydrogen-bond acceptors (Lipinski definition) is 4. The summed E-state index contributed by atoms with van der Waals surface area (Å²) in [6.45, 7) is 0.451. The molecule has 27 heavy (non-hydrogen) atoms. The summed E-state index contributed by atoms with van der Waals surface area (Å²) in [7, 11) is -3.84. The first-order valence-corrected chi connectivity index (χ1v) is 10.0. The van der Waals surface area contributed by atoms with Crippen LogP contribution in [0.15, 0.2) is 59.6 Å². The maximum Gasteiger partial charge on any atom is 0.278 e. The van der Waals surface area contributed by atoms with Crippen molar-refractivity contribution in [2.24, 2.45) is 5.14 Å². The Morgan fingerprint density at radius 3 is 2.70 bits per heavy atom. The predicted molar refractivity (Wildman–Crippen MR) is 102 cm³/mol. The number of rotatable bonds is 3. The first-order valence-electron chi connectivity index (χ1n) is 8.12. The Labute approximate surface area is 161 Å². The van der Waals surface area contributed by atoms with Gasteiger partial charge in [-0.05, 0) is 48.4 Å². The molecule has 0 spiro atoms. The standard InChI is InChI=1S/C18H15ClN4O3S/c19-13-2-1-3-14(10-13)23-9-7-16(21-23)18(24)22-8-6-12-4-5-15(11-17(12)22)27(20,25)26/h1-5,7,9-11H,6,8H2,(H2,20,25,26). The third kappa shape index (κ3) is 3.34. The van der Waals surface area contributed by atoms with Crippen LogP contribution >= 0.6 is 11.6 Å². The summed E-state index contributed by atoms with van der Waals surface area (Å²) < 4.78 is 24.8. The predicted octanol–water partition coefficient (Wildman–Crippen LogP) is 2.38. The number of nitrogens with zero attached hydrogens (tertiary/aromatic N) is 3. The fourth-order valence-corrected chi connectivity index (χ4v) is 3.80. The molecule has 1 aromatic heterocycles. The number of amides is 1. The van der Waals surface area contributed by atoms with Gasteiger partial charge in [-0.25, -0.2) is 18.2 Å². The molecule has 0 saturated carbocycles. The maximum absolute atomic E-state index is 12.9. The van der Waals surface area contributed by atoms with Gasteiger partial charge >= 0.3 is 0 Å². The second kappa shape index (κ2) is 6.49. The summed E-state index contributed by atoms with van der Waals surface area (Å²) in [4.78, 5) is 14.4. The smallest absolute Gasteiger partial charge is 0.278 e. The number of benzene rings is 2. The highest BCUT2D eigenvalue weighted by Crippen LogP contribution is 2.31. The molecule has 4 rings (SSSR count). The van der Waals surface area contributed by atoms with Gasteiger partial charge in [0, 0.05) is 23.5 Å². The topological polar surface area (TPSA) is 98.3 Å². The number of aromatic nitrogens is 2. The molecule has 138 valence electrons. The first kappa shape index (κ1) is 17.7. The summed E-state index contributed by atoms with van der Waals surface area (Å²) in [6, 6.07) is 13.3. The molecule has 0 radical (unpaired) electrons. The second-order valence-electron chi connectivity index (χ2n) is 6.17. The van der Waals surface area contributed by atoms with E-state index in [1.165, 1.54) is 17.0 Å². The van der Waals surface area contributed by atoms with Crippen LogP contribution in [0.1, 0.15) is 16.1 Å². The number of carbonyl (C=O) groups excluding carboxylic acids is 1. The number of hydrogen-bond donors (Lipinski definition) is 1. The lowest BCUT2D eigenvalue weighted by Gasteiger charge is -2.16. The monoisotopic (exact) mass is 402 g/mol. The van der Waals surface area contributed by atoms with E-state index in [0.29, 0.717) is 23.7 Å². The number of primary sulfonamides is 1. The van der Waals surface area contributed by atoms with Crippen molar-refractivity contribution in [3.63, 3.8) is 0 Å². The van der Waals surface area contributed by atoms with E-state index in [4.69, 9.17) is 16.7 Å². The first-order chi connectivity index (χ1) is 12.8. The van der Waals surface area contributed by atoms with Crippen LogP contribution in [0.2, 0.25) is 5.02 Å². The van der Waals surface area contributed by atoms with Crippen LogP contribution < -0.4 is 10.0 Å². The normalized spacial score (nSPS) is 13.6. The van der Waals surface area contributed by atoms with E-state index in [0.717, 1.165) is 11.3 Å². The van der Waals surface area contributed by atoms with E-state index in [1.54, 1.807) is 41.2 Å². The van der Waals surface area contributed by atoms with Gasteiger partial charge in [-0.3, -0.25) is 4.79 Å². The number of sulfonamides is 1. The summed E-state index contributed by atoms with van der Waals surface area (Å²) in [5.74, 6) is -0.305. The van der Waals surface area contributed by atoms with Gasteiger partial charge in [-0.2, -0.15) is 5.10 Å². The van der Waals surface area contributed by atoms with Gasteiger partial charge in [0.15, 0.2) is 5.69 Å². The van der Waals surface area contributed by atoms with E-state index in [2.05, 4.69) is 5.10 Å². The van der Waals surface area contributed by atoms with Crippen LogP contribution in [-0.4, -0.2) is 30.7 Å². The molecule has 0 bridgehead atoms. The van der Waals surface area contributed by atoms with E-state index in [1.807, 2.05) is 6.07 Å². The zero-order chi connectivity index (χ0) is 19.2. The molecule has 1 aliphatic rings. The highest BCUT2D eigenvalue weighted by Gasteiger charge is 2.28. The Bertz CT molecular complexity index is 1160. The lowest BCUT2D eigenvalue weighted by molar-refractivity contribution is 0.0984. The third-order valence-corrected chi connectivity index (χ3v) is 5.55. The number of halogens is 1. The van der Waals surface area contributed by atoms with Crippen LogP contribution in [0.4, 0.5) is 5.69 Å². The highest BCUT2D eigenvalue weighted by atomic mass is 35.5. The molecule has 2 heterocycles. The van der Waals surface area contributed by atoms with Crippen molar-refractivity contribution in [2.75, 3.05) is 11.4 Å². The molecule has 0 aliphatic carbocycles. The Kier molecular flexibility index (Phi) is 4.26. The van der Waals surface area contributed by atoms with Crippen molar-refractivity contribution in [3.05, 3.63) is 71.0 Å². The van der Waals surface area contributed by atoms with Crippen LogP contribution in [0.25, 0.3) is 5.69 Å². The minimum absolute atomic E-state index is 0.0228. The minimum Gasteiger partial charge on any atom is -0.306 e.